The number of piperazine rings is 1. The second-order valence-corrected chi connectivity index (χ2v) is 9.13. The first kappa shape index (κ1) is 23.0. The minimum Gasteiger partial charge on any atom is -0.377 e. The van der Waals surface area contributed by atoms with E-state index < -0.39 is 0 Å². The standard InChI is InChI=1S/C26H30N8O/c1-19(2)35-11-10-32-6-8-33(9-7-32)25-5-4-20(15-28-25)24-12-21(22-16-30-31(3)18-22)13-26-29-17-23(14-27)34(24)26/h4-5,12-13,15-19H,6-11H2,1-3H3. The van der Waals surface area contributed by atoms with Crippen molar-refractivity contribution in [3.8, 4) is 28.5 Å². The van der Waals surface area contributed by atoms with Gasteiger partial charge in [0.2, 0.25) is 0 Å². The molecule has 5 heterocycles. The van der Waals surface area contributed by atoms with Crippen molar-refractivity contribution in [2.45, 2.75) is 20.0 Å². The van der Waals surface area contributed by atoms with Crippen LogP contribution >= 0.6 is 0 Å². The molecule has 4 aromatic rings. The molecule has 180 valence electrons. The Bertz CT molecular complexity index is 1340. The van der Waals surface area contributed by atoms with E-state index in [2.05, 4.69) is 58.0 Å². The molecule has 5 rings (SSSR count). The smallest absolute Gasteiger partial charge is 0.145 e. The van der Waals surface area contributed by atoms with Crippen LogP contribution in [0.15, 0.2) is 49.1 Å². The van der Waals surface area contributed by atoms with Gasteiger partial charge in [-0.2, -0.15) is 10.4 Å². The van der Waals surface area contributed by atoms with Gasteiger partial charge in [0.25, 0.3) is 0 Å². The fourth-order valence-electron chi connectivity index (χ4n) is 4.48. The molecular weight excluding hydrogens is 440 g/mol. The zero-order valence-corrected chi connectivity index (χ0v) is 20.4. The van der Waals surface area contributed by atoms with Gasteiger partial charge in [0.15, 0.2) is 0 Å². The van der Waals surface area contributed by atoms with Gasteiger partial charge in [0, 0.05) is 63.3 Å². The molecule has 1 fully saturated rings. The van der Waals surface area contributed by atoms with E-state index in [0.717, 1.165) is 73.2 Å². The lowest BCUT2D eigenvalue weighted by Gasteiger charge is -2.35. The predicted octanol–water partition coefficient (Wildman–Crippen LogP) is 3.22. The van der Waals surface area contributed by atoms with Crippen LogP contribution in [-0.2, 0) is 11.8 Å². The third-order valence-corrected chi connectivity index (χ3v) is 6.36. The lowest BCUT2D eigenvalue weighted by atomic mass is 10.1. The number of aromatic nitrogens is 5. The number of hydrogen-bond acceptors (Lipinski definition) is 7. The molecule has 0 radical (unpaired) electrons. The van der Waals surface area contributed by atoms with Crippen LogP contribution < -0.4 is 4.90 Å². The van der Waals surface area contributed by atoms with Crippen molar-refractivity contribution in [2.75, 3.05) is 44.2 Å². The first-order valence-corrected chi connectivity index (χ1v) is 12.0. The fraction of sp³-hybridized carbons (Fsp3) is 0.385. The number of rotatable bonds is 7. The SMILES string of the molecule is CC(C)OCCN1CCN(c2ccc(-c3cc(-c4cnn(C)c4)cc4ncc(C#N)n34)cn2)CC1. The van der Waals surface area contributed by atoms with Crippen molar-refractivity contribution in [1.29, 1.82) is 5.26 Å². The number of pyridine rings is 2. The van der Waals surface area contributed by atoms with Crippen LogP contribution in [0, 0.1) is 11.3 Å². The highest BCUT2D eigenvalue weighted by Gasteiger charge is 2.19. The third-order valence-electron chi connectivity index (χ3n) is 6.36. The van der Waals surface area contributed by atoms with Gasteiger partial charge < -0.3 is 9.64 Å². The summed E-state index contributed by atoms with van der Waals surface area (Å²) in [6.07, 6.45) is 7.58. The van der Waals surface area contributed by atoms with Gasteiger partial charge in [0.05, 0.1) is 30.8 Å². The largest absolute Gasteiger partial charge is 0.377 e. The number of anilines is 1. The summed E-state index contributed by atoms with van der Waals surface area (Å²) in [4.78, 5) is 14.0. The molecule has 1 aliphatic heterocycles. The molecule has 9 heteroatoms. The number of hydrogen-bond donors (Lipinski definition) is 0. The molecule has 0 saturated carbocycles. The van der Waals surface area contributed by atoms with Gasteiger partial charge in [0.1, 0.15) is 23.2 Å². The number of fused-ring (bicyclic) bond motifs is 1. The molecule has 0 bridgehead atoms. The number of imidazole rings is 1. The first-order chi connectivity index (χ1) is 17.0. The molecular formula is C26H30N8O. The molecule has 35 heavy (non-hydrogen) atoms. The van der Waals surface area contributed by atoms with E-state index in [4.69, 9.17) is 9.72 Å². The zero-order valence-electron chi connectivity index (χ0n) is 20.4. The summed E-state index contributed by atoms with van der Waals surface area (Å²) in [6.45, 7) is 9.76. The highest BCUT2D eigenvalue weighted by Crippen LogP contribution is 2.30. The number of aryl methyl sites for hydroxylation is 1. The summed E-state index contributed by atoms with van der Waals surface area (Å²) < 4.78 is 9.35. The van der Waals surface area contributed by atoms with Crippen molar-refractivity contribution < 1.29 is 4.74 Å². The van der Waals surface area contributed by atoms with Crippen molar-refractivity contribution in [3.63, 3.8) is 0 Å². The van der Waals surface area contributed by atoms with Crippen LogP contribution in [0.2, 0.25) is 0 Å². The highest BCUT2D eigenvalue weighted by molar-refractivity contribution is 5.75. The van der Waals surface area contributed by atoms with E-state index in [9.17, 15) is 5.26 Å². The Labute approximate surface area is 205 Å². The van der Waals surface area contributed by atoms with Gasteiger partial charge >= 0.3 is 0 Å². The van der Waals surface area contributed by atoms with Gasteiger partial charge in [-0.25, -0.2) is 9.97 Å². The second kappa shape index (κ2) is 9.86. The van der Waals surface area contributed by atoms with Gasteiger partial charge in [-0.3, -0.25) is 14.0 Å². The molecule has 0 spiro atoms. The van der Waals surface area contributed by atoms with Gasteiger partial charge in [-0.1, -0.05) is 0 Å². The first-order valence-electron chi connectivity index (χ1n) is 12.0. The fourth-order valence-corrected chi connectivity index (χ4v) is 4.48. The summed E-state index contributed by atoms with van der Waals surface area (Å²) in [6, 6.07) is 10.5. The lowest BCUT2D eigenvalue weighted by Crippen LogP contribution is -2.47. The summed E-state index contributed by atoms with van der Waals surface area (Å²) in [5.41, 5.74) is 5.03. The molecule has 1 saturated heterocycles. The molecule has 0 unspecified atom stereocenters. The Kier molecular flexibility index (Phi) is 6.49. The van der Waals surface area contributed by atoms with Crippen molar-refractivity contribution in [3.05, 3.63) is 54.7 Å². The topological polar surface area (TPSA) is 87.5 Å². The maximum absolute atomic E-state index is 9.64. The Morgan fingerprint density at radius 2 is 1.83 bits per heavy atom. The van der Waals surface area contributed by atoms with Gasteiger partial charge in [-0.15, -0.1) is 0 Å². The van der Waals surface area contributed by atoms with E-state index in [1.807, 2.05) is 36.1 Å². The minimum atomic E-state index is 0.275. The normalized spacial score (nSPS) is 14.7. The predicted molar refractivity (Wildman–Crippen MR) is 135 cm³/mol. The van der Waals surface area contributed by atoms with Crippen LogP contribution in [0.3, 0.4) is 0 Å². The minimum absolute atomic E-state index is 0.275. The zero-order chi connectivity index (χ0) is 24.4. The molecule has 0 N–H and O–H groups in total. The van der Waals surface area contributed by atoms with Crippen molar-refractivity contribution >= 4 is 11.5 Å². The van der Waals surface area contributed by atoms with Crippen LogP contribution in [0.1, 0.15) is 19.5 Å². The monoisotopic (exact) mass is 470 g/mol. The maximum Gasteiger partial charge on any atom is 0.145 e. The molecule has 1 aliphatic rings. The quantitative estimate of drug-likeness (QED) is 0.410. The molecule has 0 aliphatic carbocycles. The van der Waals surface area contributed by atoms with E-state index in [-0.39, 0.29) is 6.10 Å². The van der Waals surface area contributed by atoms with Crippen molar-refractivity contribution in [1.82, 2.24) is 29.0 Å². The highest BCUT2D eigenvalue weighted by atomic mass is 16.5. The Morgan fingerprint density at radius 3 is 2.49 bits per heavy atom. The molecule has 4 aromatic heterocycles. The van der Waals surface area contributed by atoms with E-state index >= 15 is 0 Å². The number of nitrogens with zero attached hydrogens (tertiary/aromatic N) is 8. The van der Waals surface area contributed by atoms with Crippen LogP contribution in [0.5, 0.6) is 0 Å². The summed E-state index contributed by atoms with van der Waals surface area (Å²) in [7, 11) is 1.90. The van der Waals surface area contributed by atoms with Gasteiger partial charge in [-0.05, 0) is 43.7 Å². The summed E-state index contributed by atoms with van der Waals surface area (Å²) >= 11 is 0. The second-order valence-electron chi connectivity index (χ2n) is 9.13. The van der Waals surface area contributed by atoms with E-state index in [0.29, 0.717) is 5.69 Å². The average Bonchev–Trinajstić information content (AvgIpc) is 3.50. The third kappa shape index (κ3) is 4.90. The summed E-state index contributed by atoms with van der Waals surface area (Å²) in [5.74, 6) is 0.970. The lowest BCUT2D eigenvalue weighted by molar-refractivity contribution is 0.0578. The van der Waals surface area contributed by atoms with Crippen LogP contribution in [-0.4, -0.2) is 74.5 Å². The molecule has 9 nitrogen and oxygen atoms in total. The van der Waals surface area contributed by atoms with Crippen LogP contribution in [0.4, 0.5) is 5.82 Å². The Balaban J connectivity index is 1.37. The molecule has 0 atom stereocenters. The molecule has 0 amide bonds. The number of ether oxygens (including phenoxy) is 1. The molecule has 0 aromatic carbocycles. The van der Waals surface area contributed by atoms with E-state index in [1.54, 1.807) is 10.9 Å². The van der Waals surface area contributed by atoms with Crippen LogP contribution in [0.25, 0.3) is 28.0 Å². The summed E-state index contributed by atoms with van der Waals surface area (Å²) in [5, 5.41) is 13.9. The van der Waals surface area contributed by atoms with Crippen molar-refractivity contribution in [2.24, 2.45) is 7.05 Å². The Morgan fingerprint density at radius 1 is 1.00 bits per heavy atom. The average molecular weight is 471 g/mol. The Hall–Kier alpha value is -3.74. The number of nitriles is 1. The maximum atomic E-state index is 9.64. The van der Waals surface area contributed by atoms with E-state index in [1.165, 1.54) is 0 Å².